The number of nitrogens with zero attached hydrogens (tertiary/aromatic N) is 2. The van der Waals surface area contributed by atoms with Crippen LogP contribution in [-0.2, 0) is 6.42 Å². The average molecular weight is 236 g/mol. The molecular formula is C12H14ClN3. The molecule has 0 saturated heterocycles. The van der Waals surface area contributed by atoms with E-state index in [9.17, 15) is 0 Å². The molecular weight excluding hydrogens is 222 g/mol. The maximum absolute atomic E-state index is 6.13. The summed E-state index contributed by atoms with van der Waals surface area (Å²) in [4.78, 5) is 8.96. The van der Waals surface area contributed by atoms with Crippen LogP contribution in [0.5, 0.6) is 0 Å². The van der Waals surface area contributed by atoms with E-state index < -0.39 is 0 Å². The van der Waals surface area contributed by atoms with Gasteiger partial charge in [0.15, 0.2) is 0 Å². The van der Waals surface area contributed by atoms with Gasteiger partial charge in [0.2, 0.25) is 0 Å². The van der Waals surface area contributed by atoms with Gasteiger partial charge in [-0.15, -0.1) is 0 Å². The molecule has 0 aliphatic heterocycles. The molecule has 3 nitrogen and oxygen atoms in total. The lowest BCUT2D eigenvalue weighted by Crippen LogP contribution is -2.12. The Hall–Kier alpha value is -1.19. The maximum atomic E-state index is 6.13. The van der Waals surface area contributed by atoms with Crippen molar-refractivity contribution < 1.29 is 0 Å². The minimum atomic E-state index is 0.689. The molecule has 0 fully saturated rings. The van der Waals surface area contributed by atoms with Gasteiger partial charge in [0.1, 0.15) is 5.82 Å². The fraction of sp³-hybridized carbons (Fsp3) is 0.333. The zero-order valence-electron chi connectivity index (χ0n) is 9.42. The van der Waals surface area contributed by atoms with Crippen molar-refractivity contribution in [2.45, 2.75) is 13.3 Å². The van der Waals surface area contributed by atoms with Crippen molar-refractivity contribution in [3.05, 3.63) is 34.7 Å². The SMILES string of the molecule is CNCCc1nc(C)c2cccc(Cl)c2n1. The molecule has 1 N–H and O–H groups in total. The number of fused-ring (bicyclic) bond motifs is 1. The van der Waals surface area contributed by atoms with Gasteiger partial charge in [-0.05, 0) is 20.0 Å². The van der Waals surface area contributed by atoms with Crippen molar-refractivity contribution in [1.29, 1.82) is 0 Å². The number of rotatable bonds is 3. The number of aromatic nitrogens is 2. The molecule has 2 aromatic rings. The summed E-state index contributed by atoms with van der Waals surface area (Å²) in [5, 5.41) is 4.80. The van der Waals surface area contributed by atoms with Crippen molar-refractivity contribution in [3.63, 3.8) is 0 Å². The third-order valence-electron chi connectivity index (χ3n) is 2.51. The zero-order chi connectivity index (χ0) is 11.5. The molecule has 0 spiro atoms. The molecule has 0 amide bonds. The number of benzene rings is 1. The van der Waals surface area contributed by atoms with Gasteiger partial charge < -0.3 is 5.32 Å². The number of para-hydroxylation sites is 1. The van der Waals surface area contributed by atoms with Crippen molar-refractivity contribution >= 4 is 22.5 Å². The van der Waals surface area contributed by atoms with Gasteiger partial charge in [-0.3, -0.25) is 0 Å². The van der Waals surface area contributed by atoms with Crippen LogP contribution >= 0.6 is 11.6 Å². The highest BCUT2D eigenvalue weighted by atomic mass is 35.5. The quantitative estimate of drug-likeness (QED) is 0.888. The summed E-state index contributed by atoms with van der Waals surface area (Å²) in [5.41, 5.74) is 1.83. The average Bonchev–Trinajstić information content (AvgIpc) is 2.28. The number of nitrogens with one attached hydrogen (secondary N) is 1. The van der Waals surface area contributed by atoms with Gasteiger partial charge in [-0.1, -0.05) is 23.7 Å². The molecule has 0 atom stereocenters. The fourth-order valence-electron chi connectivity index (χ4n) is 1.68. The van der Waals surface area contributed by atoms with Crippen LogP contribution in [0.2, 0.25) is 5.02 Å². The molecule has 2 rings (SSSR count). The van der Waals surface area contributed by atoms with Crippen LogP contribution < -0.4 is 5.32 Å². The molecule has 0 bridgehead atoms. The number of aryl methyl sites for hydroxylation is 1. The highest BCUT2D eigenvalue weighted by Gasteiger charge is 2.06. The fourth-order valence-corrected chi connectivity index (χ4v) is 1.89. The Morgan fingerprint density at radius 1 is 1.31 bits per heavy atom. The van der Waals surface area contributed by atoms with Gasteiger partial charge in [0.25, 0.3) is 0 Å². The summed E-state index contributed by atoms with van der Waals surface area (Å²) in [5.74, 6) is 0.840. The van der Waals surface area contributed by atoms with E-state index in [2.05, 4.69) is 15.3 Å². The molecule has 0 unspecified atom stereocenters. The molecule has 84 valence electrons. The molecule has 1 heterocycles. The molecule has 1 aromatic heterocycles. The van der Waals surface area contributed by atoms with Crippen molar-refractivity contribution in [3.8, 4) is 0 Å². The first-order valence-corrected chi connectivity index (χ1v) is 5.66. The van der Waals surface area contributed by atoms with Crippen LogP contribution in [0.3, 0.4) is 0 Å². The Balaban J connectivity index is 2.52. The Morgan fingerprint density at radius 2 is 2.12 bits per heavy atom. The van der Waals surface area contributed by atoms with Crippen LogP contribution in [-0.4, -0.2) is 23.6 Å². The zero-order valence-corrected chi connectivity index (χ0v) is 10.2. The van der Waals surface area contributed by atoms with E-state index in [1.807, 2.05) is 32.2 Å². The van der Waals surface area contributed by atoms with Crippen molar-refractivity contribution in [1.82, 2.24) is 15.3 Å². The lowest BCUT2D eigenvalue weighted by molar-refractivity contribution is 0.756. The Kier molecular flexibility index (Phi) is 3.36. The Labute approximate surface area is 99.9 Å². The monoisotopic (exact) mass is 235 g/mol. The van der Waals surface area contributed by atoms with Gasteiger partial charge in [-0.25, -0.2) is 9.97 Å². The smallest absolute Gasteiger partial charge is 0.130 e. The predicted molar refractivity (Wildman–Crippen MR) is 66.9 cm³/mol. The standard InChI is InChI=1S/C12H14ClN3/c1-8-9-4-3-5-10(13)12(9)16-11(15-8)6-7-14-2/h3-5,14H,6-7H2,1-2H3. The summed E-state index contributed by atoms with van der Waals surface area (Å²) in [7, 11) is 1.92. The van der Waals surface area contributed by atoms with Crippen LogP contribution in [0.25, 0.3) is 10.9 Å². The first kappa shape index (κ1) is 11.3. The summed E-state index contributed by atoms with van der Waals surface area (Å²) in [6, 6.07) is 5.78. The van der Waals surface area contributed by atoms with E-state index in [1.54, 1.807) is 0 Å². The third-order valence-corrected chi connectivity index (χ3v) is 2.82. The van der Waals surface area contributed by atoms with E-state index >= 15 is 0 Å². The van der Waals surface area contributed by atoms with E-state index in [0.717, 1.165) is 35.4 Å². The molecule has 0 aliphatic rings. The van der Waals surface area contributed by atoms with Gasteiger partial charge in [-0.2, -0.15) is 0 Å². The summed E-state index contributed by atoms with van der Waals surface area (Å²) < 4.78 is 0. The molecule has 0 saturated carbocycles. The Morgan fingerprint density at radius 3 is 2.88 bits per heavy atom. The number of halogens is 1. The highest BCUT2D eigenvalue weighted by Crippen LogP contribution is 2.23. The first-order chi connectivity index (χ1) is 7.72. The van der Waals surface area contributed by atoms with Crippen LogP contribution in [0.15, 0.2) is 18.2 Å². The van der Waals surface area contributed by atoms with E-state index in [4.69, 9.17) is 11.6 Å². The Bertz CT molecular complexity index is 511. The summed E-state index contributed by atoms with van der Waals surface area (Å²) in [6.45, 7) is 2.86. The third kappa shape index (κ3) is 2.15. The molecule has 4 heteroatoms. The lowest BCUT2D eigenvalue weighted by atomic mass is 10.2. The molecule has 0 aliphatic carbocycles. The minimum Gasteiger partial charge on any atom is -0.319 e. The molecule has 16 heavy (non-hydrogen) atoms. The molecule has 1 aromatic carbocycles. The normalized spacial score (nSPS) is 10.9. The lowest BCUT2D eigenvalue weighted by Gasteiger charge is -2.06. The summed E-state index contributed by atoms with van der Waals surface area (Å²) in [6.07, 6.45) is 0.818. The van der Waals surface area contributed by atoms with Crippen molar-refractivity contribution in [2.24, 2.45) is 0 Å². The second-order valence-electron chi connectivity index (χ2n) is 3.71. The van der Waals surface area contributed by atoms with E-state index in [0.29, 0.717) is 5.02 Å². The van der Waals surface area contributed by atoms with Crippen molar-refractivity contribution in [2.75, 3.05) is 13.6 Å². The summed E-state index contributed by atoms with van der Waals surface area (Å²) >= 11 is 6.13. The number of hydrogen-bond donors (Lipinski definition) is 1. The van der Waals surface area contributed by atoms with E-state index in [-0.39, 0.29) is 0 Å². The first-order valence-electron chi connectivity index (χ1n) is 5.28. The highest BCUT2D eigenvalue weighted by molar-refractivity contribution is 6.35. The largest absolute Gasteiger partial charge is 0.319 e. The van der Waals surface area contributed by atoms with Gasteiger partial charge in [0.05, 0.1) is 10.5 Å². The molecule has 0 radical (unpaired) electrons. The van der Waals surface area contributed by atoms with Gasteiger partial charge in [0, 0.05) is 24.0 Å². The topological polar surface area (TPSA) is 37.8 Å². The second kappa shape index (κ2) is 4.76. The minimum absolute atomic E-state index is 0.689. The van der Waals surface area contributed by atoms with Crippen LogP contribution in [0.1, 0.15) is 11.5 Å². The second-order valence-corrected chi connectivity index (χ2v) is 4.12. The number of likely N-dealkylation sites (N-methyl/N-ethyl adjacent to an activating group) is 1. The maximum Gasteiger partial charge on any atom is 0.130 e. The van der Waals surface area contributed by atoms with Crippen LogP contribution in [0.4, 0.5) is 0 Å². The predicted octanol–water partition coefficient (Wildman–Crippen LogP) is 2.35. The van der Waals surface area contributed by atoms with Crippen LogP contribution in [0, 0.1) is 6.92 Å². The van der Waals surface area contributed by atoms with Gasteiger partial charge >= 0.3 is 0 Å². The van der Waals surface area contributed by atoms with E-state index in [1.165, 1.54) is 0 Å². The number of hydrogen-bond acceptors (Lipinski definition) is 3.